The van der Waals surface area contributed by atoms with Crippen molar-refractivity contribution in [3.05, 3.63) is 59.2 Å². The van der Waals surface area contributed by atoms with Gasteiger partial charge in [0.1, 0.15) is 36.9 Å². The molecule has 1 aliphatic carbocycles. The maximum Gasteiger partial charge on any atom is 0.123 e. The summed E-state index contributed by atoms with van der Waals surface area (Å²) in [4.78, 5) is 0. The maximum absolute atomic E-state index is 6.11. The molecule has 2 saturated heterocycles. The standard InChI is InChI=1S/C28H36O4/c1-28(2,3)26-14-22(10-13-27(26)32-18-25-17-31-25)21-6-4-19(5-7-21)20-8-11-23(12-9-20)29-15-24-16-30-24/h8-14,19,21,24-25H,4-7,15-18H2,1-3H3. The smallest absolute Gasteiger partial charge is 0.123 e. The van der Waals surface area contributed by atoms with Crippen molar-refractivity contribution in [1.82, 2.24) is 0 Å². The minimum absolute atomic E-state index is 0.0579. The van der Waals surface area contributed by atoms with Gasteiger partial charge in [0.2, 0.25) is 0 Å². The molecule has 4 heteroatoms. The minimum Gasteiger partial charge on any atom is -0.491 e. The van der Waals surface area contributed by atoms with Crippen LogP contribution in [0.3, 0.4) is 0 Å². The average Bonchev–Trinajstić information content (AvgIpc) is 3.71. The summed E-state index contributed by atoms with van der Waals surface area (Å²) in [7, 11) is 0. The molecule has 32 heavy (non-hydrogen) atoms. The normalized spacial score (nSPS) is 27.1. The third-order valence-corrected chi connectivity index (χ3v) is 7.03. The zero-order chi connectivity index (χ0) is 22.1. The van der Waals surface area contributed by atoms with Crippen molar-refractivity contribution in [3.8, 4) is 11.5 Å². The highest BCUT2D eigenvalue weighted by atomic mass is 16.6. The molecule has 0 radical (unpaired) electrons. The van der Waals surface area contributed by atoms with Crippen molar-refractivity contribution < 1.29 is 18.9 Å². The second-order valence-electron chi connectivity index (χ2n) is 10.7. The maximum atomic E-state index is 6.11. The Bertz CT molecular complexity index is 898. The molecule has 2 atom stereocenters. The van der Waals surface area contributed by atoms with Crippen LogP contribution in [0.2, 0.25) is 0 Å². The van der Waals surface area contributed by atoms with Crippen molar-refractivity contribution in [3.63, 3.8) is 0 Å². The van der Waals surface area contributed by atoms with Crippen LogP contribution in [0, 0.1) is 0 Å². The Morgan fingerprint density at radius 3 is 1.84 bits per heavy atom. The molecule has 0 aromatic heterocycles. The largest absolute Gasteiger partial charge is 0.491 e. The summed E-state index contributed by atoms with van der Waals surface area (Å²) in [5.41, 5.74) is 4.28. The number of epoxide rings is 2. The van der Waals surface area contributed by atoms with E-state index in [2.05, 4.69) is 63.2 Å². The van der Waals surface area contributed by atoms with E-state index in [-0.39, 0.29) is 11.5 Å². The van der Waals surface area contributed by atoms with Crippen LogP contribution >= 0.6 is 0 Å². The Balaban J connectivity index is 1.20. The fourth-order valence-corrected chi connectivity index (χ4v) is 4.81. The SMILES string of the molecule is CC(C)(C)c1cc(C2CCC(c3ccc(OCC4CO4)cc3)CC2)ccc1OCC1CO1. The summed E-state index contributed by atoms with van der Waals surface area (Å²) in [5.74, 6) is 3.24. The summed E-state index contributed by atoms with van der Waals surface area (Å²) in [6, 6.07) is 15.6. The number of benzene rings is 2. The summed E-state index contributed by atoms with van der Waals surface area (Å²) < 4.78 is 22.4. The molecular weight excluding hydrogens is 400 g/mol. The second kappa shape index (κ2) is 9.07. The fourth-order valence-electron chi connectivity index (χ4n) is 4.81. The quantitative estimate of drug-likeness (QED) is 0.478. The third-order valence-electron chi connectivity index (χ3n) is 7.03. The zero-order valence-corrected chi connectivity index (χ0v) is 19.6. The fraction of sp³-hybridized carbons (Fsp3) is 0.571. The summed E-state index contributed by atoms with van der Waals surface area (Å²) >= 11 is 0. The highest BCUT2D eigenvalue weighted by molar-refractivity contribution is 5.43. The summed E-state index contributed by atoms with van der Waals surface area (Å²) in [5, 5.41) is 0. The predicted molar refractivity (Wildman–Crippen MR) is 126 cm³/mol. The Kier molecular flexibility index (Phi) is 6.18. The molecule has 2 heterocycles. The molecule has 3 aliphatic rings. The summed E-state index contributed by atoms with van der Waals surface area (Å²) in [6.45, 7) is 9.81. The predicted octanol–water partition coefficient (Wildman–Crippen LogP) is 5.98. The first-order chi connectivity index (χ1) is 15.5. The van der Waals surface area contributed by atoms with Crippen LogP contribution in [-0.4, -0.2) is 38.6 Å². The van der Waals surface area contributed by atoms with Crippen molar-refractivity contribution >= 4 is 0 Å². The topological polar surface area (TPSA) is 43.5 Å². The van der Waals surface area contributed by atoms with Crippen molar-refractivity contribution in [2.24, 2.45) is 0 Å². The second-order valence-corrected chi connectivity index (χ2v) is 10.7. The van der Waals surface area contributed by atoms with Gasteiger partial charge in [-0.3, -0.25) is 0 Å². The van der Waals surface area contributed by atoms with E-state index in [1.165, 1.54) is 42.4 Å². The van der Waals surface area contributed by atoms with Crippen LogP contribution < -0.4 is 9.47 Å². The average molecular weight is 437 g/mol. The first kappa shape index (κ1) is 21.8. The van der Waals surface area contributed by atoms with Gasteiger partial charge in [-0.1, -0.05) is 45.0 Å². The molecular formula is C28H36O4. The highest BCUT2D eigenvalue weighted by Crippen LogP contribution is 2.43. The monoisotopic (exact) mass is 436 g/mol. The van der Waals surface area contributed by atoms with Crippen molar-refractivity contribution in [2.45, 2.75) is 75.9 Å². The Labute approximate surface area is 192 Å². The molecule has 2 aromatic rings. The Hall–Kier alpha value is -2.04. The van der Waals surface area contributed by atoms with Gasteiger partial charge >= 0.3 is 0 Å². The number of hydrogen-bond acceptors (Lipinski definition) is 4. The van der Waals surface area contributed by atoms with E-state index < -0.39 is 0 Å². The number of ether oxygens (including phenoxy) is 4. The van der Waals surface area contributed by atoms with Crippen LogP contribution in [0.4, 0.5) is 0 Å². The van der Waals surface area contributed by atoms with Crippen LogP contribution in [0.5, 0.6) is 11.5 Å². The van der Waals surface area contributed by atoms with Gasteiger partial charge in [-0.15, -0.1) is 0 Å². The van der Waals surface area contributed by atoms with Crippen molar-refractivity contribution in [2.75, 3.05) is 26.4 Å². The van der Waals surface area contributed by atoms with E-state index in [4.69, 9.17) is 18.9 Å². The van der Waals surface area contributed by atoms with Crippen LogP contribution in [0.25, 0.3) is 0 Å². The third kappa shape index (κ3) is 5.47. The first-order valence-corrected chi connectivity index (χ1v) is 12.2. The van der Waals surface area contributed by atoms with Gasteiger partial charge in [-0.05, 0) is 77.8 Å². The van der Waals surface area contributed by atoms with E-state index in [1.54, 1.807) is 0 Å². The Morgan fingerprint density at radius 2 is 1.28 bits per heavy atom. The number of rotatable bonds is 8. The Morgan fingerprint density at radius 1 is 0.750 bits per heavy atom. The van der Waals surface area contributed by atoms with Gasteiger partial charge in [0.25, 0.3) is 0 Å². The first-order valence-electron chi connectivity index (χ1n) is 12.2. The molecule has 0 spiro atoms. The van der Waals surface area contributed by atoms with Crippen LogP contribution in [0.15, 0.2) is 42.5 Å². The van der Waals surface area contributed by atoms with E-state index in [1.807, 2.05) is 0 Å². The minimum atomic E-state index is 0.0579. The summed E-state index contributed by atoms with van der Waals surface area (Å²) in [6.07, 6.45) is 5.54. The molecule has 1 saturated carbocycles. The lowest BCUT2D eigenvalue weighted by atomic mass is 9.75. The van der Waals surface area contributed by atoms with E-state index in [9.17, 15) is 0 Å². The van der Waals surface area contributed by atoms with Gasteiger partial charge in [0.15, 0.2) is 0 Å². The molecule has 0 bridgehead atoms. The molecule has 2 unspecified atom stereocenters. The van der Waals surface area contributed by atoms with E-state index in [0.29, 0.717) is 31.2 Å². The van der Waals surface area contributed by atoms with Gasteiger partial charge in [0.05, 0.1) is 13.2 Å². The van der Waals surface area contributed by atoms with Gasteiger partial charge < -0.3 is 18.9 Å². The molecule has 2 aliphatic heterocycles. The molecule has 3 fully saturated rings. The molecule has 5 rings (SSSR count). The van der Waals surface area contributed by atoms with Gasteiger partial charge in [0, 0.05) is 0 Å². The van der Waals surface area contributed by atoms with Crippen molar-refractivity contribution in [1.29, 1.82) is 0 Å². The number of hydrogen-bond donors (Lipinski definition) is 0. The molecule has 4 nitrogen and oxygen atoms in total. The molecule has 0 amide bonds. The van der Waals surface area contributed by atoms with E-state index in [0.717, 1.165) is 24.7 Å². The lowest BCUT2D eigenvalue weighted by Gasteiger charge is -2.31. The zero-order valence-electron chi connectivity index (χ0n) is 19.6. The van der Waals surface area contributed by atoms with Gasteiger partial charge in [-0.2, -0.15) is 0 Å². The highest BCUT2D eigenvalue weighted by Gasteiger charge is 2.28. The molecule has 2 aromatic carbocycles. The van der Waals surface area contributed by atoms with Gasteiger partial charge in [-0.25, -0.2) is 0 Å². The molecule has 172 valence electrons. The van der Waals surface area contributed by atoms with Crippen LogP contribution in [0.1, 0.15) is 75.0 Å². The lowest BCUT2D eigenvalue weighted by molar-refractivity contribution is 0.258. The van der Waals surface area contributed by atoms with Crippen LogP contribution in [-0.2, 0) is 14.9 Å². The lowest BCUT2D eigenvalue weighted by Crippen LogP contribution is -2.17. The molecule has 0 N–H and O–H groups in total. The van der Waals surface area contributed by atoms with E-state index >= 15 is 0 Å².